The van der Waals surface area contributed by atoms with Gasteiger partial charge >= 0.3 is 78.1 Å². The molecule has 0 N–H and O–H groups in total. The summed E-state index contributed by atoms with van der Waals surface area (Å²) in [4.78, 5) is 0. The number of hydrogen-bond donors (Lipinski definition) is 0. The number of rotatable bonds is 8. The lowest BCUT2D eigenvalue weighted by atomic mass is 9.12. The van der Waals surface area contributed by atoms with Crippen molar-refractivity contribution in [1.82, 2.24) is 0 Å². The molecule has 0 amide bonds. The average molecular weight is 1580 g/mol. The predicted molar refractivity (Wildman–Crippen MR) is 341 cm³/mol. The summed E-state index contributed by atoms with van der Waals surface area (Å²) in [5, 5.41) is 14.6. The molecule has 0 radical (unpaired) electrons. The molecule has 2 heterocycles. The van der Waals surface area contributed by atoms with E-state index in [0.29, 0.717) is 0 Å². The Labute approximate surface area is 579 Å². The number of halogens is 25. The Bertz CT molecular complexity index is 5050. The summed E-state index contributed by atoms with van der Waals surface area (Å²) in [6, 6.07) is 47.9. The molecule has 0 aliphatic carbocycles. The van der Waals surface area contributed by atoms with Crippen molar-refractivity contribution >= 4 is 92.6 Å². The van der Waals surface area contributed by atoms with Crippen LogP contribution in [0.3, 0.4) is 0 Å². The molecule has 0 aliphatic heterocycles. The fraction of sp³-hybridized carbons (Fsp3) is 0.105. The van der Waals surface area contributed by atoms with Crippen LogP contribution in [-0.2, 0) is 49.4 Å². The van der Waals surface area contributed by atoms with E-state index < -0.39 is 216 Å². The number of benzene rings is 12. The summed E-state index contributed by atoms with van der Waals surface area (Å²) in [6.45, 7) is 0. The van der Waals surface area contributed by atoms with Crippen molar-refractivity contribution in [3.8, 4) is 22.6 Å². The van der Waals surface area contributed by atoms with E-state index in [1.807, 2.05) is 0 Å². The SMILES string of the molecule is FC(F)(F)c1cc([B-](c2cc(C(F)(F)F)cc(C(F)(F)F)c2)(c2cc(C(F)(F)F)cc(C(F)(F)F)c2)c2cc(C(F)(F)F)cc(C(F)(F)F)c2)cc(C(F)(F)F)c1.c1ccc2cc3c(-c4ccc([I+]c5ccc(-c6c7ccccc7cc7cc8ccccc8cc67)o5)o4)c4ccccc4cc3cc2c1. The molecule has 0 spiro atoms. The Morgan fingerprint density at radius 1 is 0.212 bits per heavy atom. The van der Waals surface area contributed by atoms with Gasteiger partial charge in [0.25, 0.3) is 0 Å². The number of alkyl halides is 24. The Morgan fingerprint density at radius 3 is 0.683 bits per heavy atom. The van der Waals surface area contributed by atoms with E-state index in [-0.39, 0.29) is 0 Å². The molecule has 12 aromatic carbocycles. The first kappa shape index (κ1) is 72.2. The van der Waals surface area contributed by atoms with Crippen LogP contribution in [0.5, 0.6) is 0 Å². The monoisotopic (exact) mass is 1580 g/mol. The van der Waals surface area contributed by atoms with Crippen LogP contribution in [0.25, 0.3) is 87.3 Å². The smallest absolute Gasteiger partial charge is 0.418 e. The van der Waals surface area contributed by atoms with Gasteiger partial charge in [-0.3, -0.25) is 0 Å². The average Bonchev–Trinajstić information content (AvgIpc) is 0.828. The third-order valence-electron chi connectivity index (χ3n) is 17.7. The van der Waals surface area contributed by atoms with Gasteiger partial charge in [-0.15, -0.1) is 0 Å². The van der Waals surface area contributed by atoms with Crippen LogP contribution in [0.2, 0.25) is 0 Å². The predicted octanol–water partition coefficient (Wildman–Crippen LogP) is 20.5. The molecule has 532 valence electrons. The summed E-state index contributed by atoms with van der Waals surface area (Å²) in [6.07, 6.45) is -54.8. The Kier molecular flexibility index (Phi) is 17.8. The van der Waals surface area contributed by atoms with Gasteiger partial charge in [-0.05, 0) is 137 Å². The van der Waals surface area contributed by atoms with Gasteiger partial charge in [0.15, 0.2) is 0 Å². The highest BCUT2D eigenvalue weighted by atomic mass is 127. The summed E-state index contributed by atoms with van der Waals surface area (Å²) >= 11 is -0.681. The molecule has 104 heavy (non-hydrogen) atoms. The first-order valence-electron chi connectivity index (χ1n) is 30.4. The highest BCUT2D eigenvalue weighted by Gasteiger charge is 2.48. The molecule has 0 atom stereocenters. The lowest BCUT2D eigenvalue weighted by molar-refractivity contribution is -0.635. The van der Waals surface area contributed by atoms with Gasteiger partial charge in [-0.25, -0.2) is 0 Å². The van der Waals surface area contributed by atoms with E-state index in [1.165, 1.54) is 64.6 Å². The van der Waals surface area contributed by atoms with Crippen LogP contribution in [0.15, 0.2) is 239 Å². The van der Waals surface area contributed by atoms with Crippen LogP contribution >= 0.6 is 0 Å². The lowest BCUT2D eigenvalue weighted by Gasteiger charge is -2.46. The second-order valence-corrected chi connectivity index (χ2v) is 27.0. The van der Waals surface area contributed by atoms with Crippen molar-refractivity contribution in [3.05, 3.63) is 283 Å². The maximum Gasteiger partial charge on any atom is 0.443 e. The molecule has 0 saturated carbocycles. The minimum atomic E-state index is -6.13. The van der Waals surface area contributed by atoms with E-state index >= 15 is 0 Å². The molecule has 0 fully saturated rings. The van der Waals surface area contributed by atoms with Crippen molar-refractivity contribution in [2.75, 3.05) is 0 Å². The van der Waals surface area contributed by atoms with Gasteiger partial charge in [-0.1, -0.05) is 146 Å². The Balaban J connectivity index is 0.000000187. The van der Waals surface area contributed by atoms with E-state index in [1.54, 1.807) is 0 Å². The van der Waals surface area contributed by atoms with E-state index in [9.17, 15) is 105 Å². The van der Waals surface area contributed by atoms with Crippen LogP contribution in [0, 0.1) is 7.53 Å². The lowest BCUT2D eigenvalue weighted by Crippen LogP contribution is -3.61. The molecular weight excluding hydrogens is 1540 g/mol. The zero-order chi connectivity index (χ0) is 74.8. The van der Waals surface area contributed by atoms with Gasteiger partial charge in [0.1, 0.15) is 17.7 Å². The Morgan fingerprint density at radius 2 is 0.433 bits per heavy atom. The molecule has 0 bridgehead atoms. The van der Waals surface area contributed by atoms with Gasteiger partial charge in [0, 0.05) is 23.3 Å². The molecule has 14 rings (SSSR count). The summed E-state index contributed by atoms with van der Waals surface area (Å²) in [7, 11) is 0. The van der Waals surface area contributed by atoms with Crippen LogP contribution in [-0.4, -0.2) is 6.15 Å². The first-order chi connectivity index (χ1) is 48.5. The maximum absolute atomic E-state index is 14.2. The van der Waals surface area contributed by atoms with Crippen molar-refractivity contribution < 1.29 is 135 Å². The quantitative estimate of drug-likeness (QED) is 0.0656. The molecule has 14 aromatic rings. The summed E-state index contributed by atoms with van der Waals surface area (Å²) < 4.78 is 356. The largest absolute Gasteiger partial charge is 0.443 e. The fourth-order valence-corrected chi connectivity index (χ4v) is 15.1. The third kappa shape index (κ3) is 14.1. The minimum Gasteiger partial charge on any atom is -0.418 e. The second kappa shape index (κ2) is 25.6. The van der Waals surface area contributed by atoms with Gasteiger partial charge < -0.3 is 8.83 Å². The number of hydrogen-bond acceptors (Lipinski definition) is 2. The molecule has 2 aromatic heterocycles. The van der Waals surface area contributed by atoms with Gasteiger partial charge in [0.05, 0.1) is 44.5 Å². The summed E-state index contributed by atoms with van der Waals surface area (Å²) in [5.41, 5.74) is -27.9. The molecular formula is C76H38BF24IO2. The fourth-order valence-electron chi connectivity index (χ4n) is 13.2. The normalized spacial score (nSPS) is 13.2. The second-order valence-electron chi connectivity index (χ2n) is 24.3. The van der Waals surface area contributed by atoms with Gasteiger partial charge in [0.2, 0.25) is 0 Å². The van der Waals surface area contributed by atoms with Crippen molar-refractivity contribution in [2.24, 2.45) is 0 Å². The highest BCUT2D eigenvalue weighted by molar-refractivity contribution is 7.20. The first-order valence-corrected chi connectivity index (χ1v) is 32.6. The topological polar surface area (TPSA) is 26.3 Å². The van der Waals surface area contributed by atoms with Crippen LogP contribution in [0.4, 0.5) is 105 Å². The molecule has 28 heteroatoms. The van der Waals surface area contributed by atoms with Gasteiger partial charge in [-0.2, -0.15) is 127 Å². The van der Waals surface area contributed by atoms with Crippen LogP contribution in [0.1, 0.15) is 44.5 Å². The summed E-state index contributed by atoms with van der Waals surface area (Å²) in [5.74, 6) is 1.80. The zero-order valence-corrected chi connectivity index (χ0v) is 53.9. The van der Waals surface area contributed by atoms with Crippen molar-refractivity contribution in [3.63, 3.8) is 0 Å². The van der Waals surface area contributed by atoms with Crippen molar-refractivity contribution in [1.29, 1.82) is 0 Å². The minimum absolute atomic E-state index is 0.681. The standard InChI is InChI=1S/C44H26IO2.C32H12BF24/c1-3-11-29-25-37-33(21-27(29)9-1)23-31-13-5-7-15-35(31)43(37)39-17-19-41(46-39)45-42-20-18-40(47-42)44-36-16-8-6-14-32(36)24-34-22-28-10-2-4-12-30(28)26-38(34)44;34-25(35,36)13-1-14(26(37,38)39)6-21(5-13)33(22-7-15(27(40,41)42)2-16(8-22)28(43,44)45,23-9-17(29(46,47)48)3-18(10-23)30(49,50)51)24-11-19(31(52,53)54)4-20(12-24)32(55,56)57/h1-26H;1-12H/q+1;-1. The number of fused-ring (bicyclic) bond motifs is 6. The Hall–Kier alpha value is -10.1. The molecule has 0 aliphatic rings. The molecule has 0 saturated heterocycles. The van der Waals surface area contributed by atoms with Crippen molar-refractivity contribution in [2.45, 2.75) is 49.4 Å². The van der Waals surface area contributed by atoms with Crippen LogP contribution < -0.4 is 43.1 Å². The highest BCUT2D eigenvalue weighted by Crippen LogP contribution is 2.45. The number of furan rings is 2. The van der Waals surface area contributed by atoms with E-state index in [0.717, 1.165) is 30.2 Å². The third-order valence-corrected chi connectivity index (χ3v) is 19.9. The molecule has 0 unspecified atom stereocenters. The maximum atomic E-state index is 14.2. The molecule has 2 nitrogen and oxygen atoms in total. The zero-order valence-electron chi connectivity index (χ0n) is 51.8. The van der Waals surface area contributed by atoms with E-state index in [2.05, 4.69) is 158 Å². The van der Waals surface area contributed by atoms with E-state index in [4.69, 9.17) is 8.83 Å².